The molecule has 76 valence electrons. The van der Waals surface area contributed by atoms with Gasteiger partial charge < -0.3 is 9.80 Å². The molecule has 0 aromatic rings. The summed E-state index contributed by atoms with van der Waals surface area (Å²) in [5, 5.41) is 0. The molecule has 1 saturated heterocycles. The monoisotopic (exact) mass is 182 g/mol. The van der Waals surface area contributed by atoms with E-state index in [4.69, 9.17) is 0 Å². The van der Waals surface area contributed by atoms with E-state index in [9.17, 15) is 0 Å². The SMILES string of the molecule is CN(C)CCCN1CC2CCC1C2. The van der Waals surface area contributed by atoms with E-state index in [0.29, 0.717) is 0 Å². The third-order valence-electron chi connectivity index (χ3n) is 3.57. The lowest BCUT2D eigenvalue weighted by Crippen LogP contribution is -2.34. The molecule has 13 heavy (non-hydrogen) atoms. The summed E-state index contributed by atoms with van der Waals surface area (Å²) >= 11 is 0. The molecule has 2 heteroatoms. The predicted octanol–water partition coefficient (Wildman–Crippen LogP) is 1.42. The maximum Gasteiger partial charge on any atom is 0.00986 e. The summed E-state index contributed by atoms with van der Waals surface area (Å²) < 4.78 is 0. The number of hydrogen-bond acceptors (Lipinski definition) is 2. The Balaban J connectivity index is 1.66. The average Bonchev–Trinajstić information content (AvgIpc) is 2.64. The molecule has 0 aromatic heterocycles. The molecule has 0 spiro atoms. The van der Waals surface area contributed by atoms with Crippen LogP contribution in [0, 0.1) is 5.92 Å². The van der Waals surface area contributed by atoms with Crippen molar-refractivity contribution in [3.63, 3.8) is 0 Å². The number of fused-ring (bicyclic) bond motifs is 2. The summed E-state index contributed by atoms with van der Waals surface area (Å²) in [6.07, 6.45) is 5.83. The zero-order chi connectivity index (χ0) is 9.26. The summed E-state index contributed by atoms with van der Waals surface area (Å²) in [4.78, 5) is 5.01. The number of piperidine rings is 1. The molecule has 1 aliphatic carbocycles. The van der Waals surface area contributed by atoms with Crippen molar-refractivity contribution in [2.45, 2.75) is 31.7 Å². The van der Waals surface area contributed by atoms with Crippen molar-refractivity contribution in [3.8, 4) is 0 Å². The fraction of sp³-hybridized carbons (Fsp3) is 1.00. The summed E-state index contributed by atoms with van der Waals surface area (Å²) in [7, 11) is 4.33. The summed E-state index contributed by atoms with van der Waals surface area (Å²) in [6.45, 7) is 3.98. The van der Waals surface area contributed by atoms with Crippen LogP contribution in [0.25, 0.3) is 0 Å². The fourth-order valence-corrected chi connectivity index (χ4v) is 2.89. The van der Waals surface area contributed by atoms with Crippen molar-refractivity contribution >= 4 is 0 Å². The average molecular weight is 182 g/mol. The minimum atomic E-state index is 0.965. The van der Waals surface area contributed by atoms with Crippen molar-refractivity contribution < 1.29 is 0 Å². The number of nitrogens with zero attached hydrogens (tertiary/aromatic N) is 2. The lowest BCUT2D eigenvalue weighted by molar-refractivity contribution is 0.203. The number of likely N-dealkylation sites (tertiary alicyclic amines) is 1. The lowest BCUT2D eigenvalue weighted by Gasteiger charge is -2.27. The Bertz CT molecular complexity index is 167. The van der Waals surface area contributed by atoms with E-state index in [0.717, 1.165) is 12.0 Å². The summed E-state index contributed by atoms with van der Waals surface area (Å²) in [5.74, 6) is 1.06. The highest BCUT2D eigenvalue weighted by molar-refractivity contribution is 4.91. The van der Waals surface area contributed by atoms with Crippen LogP contribution in [0.15, 0.2) is 0 Å². The molecular weight excluding hydrogens is 160 g/mol. The van der Waals surface area contributed by atoms with Gasteiger partial charge in [0.05, 0.1) is 0 Å². The van der Waals surface area contributed by atoms with Crippen molar-refractivity contribution in [1.29, 1.82) is 0 Å². The standard InChI is InChI=1S/C11H22N2/c1-12(2)6-3-7-13-9-10-4-5-11(13)8-10/h10-11H,3-9H2,1-2H3. The largest absolute Gasteiger partial charge is 0.309 e. The van der Waals surface area contributed by atoms with Gasteiger partial charge in [-0.15, -0.1) is 0 Å². The van der Waals surface area contributed by atoms with E-state index in [-0.39, 0.29) is 0 Å². The van der Waals surface area contributed by atoms with E-state index >= 15 is 0 Å². The first kappa shape index (κ1) is 9.47. The van der Waals surface area contributed by atoms with Crippen molar-refractivity contribution in [1.82, 2.24) is 9.80 Å². The fourth-order valence-electron chi connectivity index (χ4n) is 2.89. The van der Waals surface area contributed by atoms with E-state index in [1.54, 1.807) is 0 Å². The normalized spacial score (nSPS) is 33.5. The Morgan fingerprint density at radius 1 is 1.31 bits per heavy atom. The molecule has 2 fully saturated rings. The minimum absolute atomic E-state index is 0.965. The van der Waals surface area contributed by atoms with Gasteiger partial charge in [0, 0.05) is 12.6 Å². The van der Waals surface area contributed by atoms with Crippen LogP contribution in [0.5, 0.6) is 0 Å². The van der Waals surface area contributed by atoms with Gasteiger partial charge in [-0.1, -0.05) is 0 Å². The first-order chi connectivity index (χ1) is 6.25. The van der Waals surface area contributed by atoms with Crippen molar-refractivity contribution in [2.75, 3.05) is 33.7 Å². The van der Waals surface area contributed by atoms with E-state index in [2.05, 4.69) is 23.9 Å². The van der Waals surface area contributed by atoms with Gasteiger partial charge in [-0.05, 0) is 58.8 Å². The smallest absolute Gasteiger partial charge is 0.00986 e. The molecule has 0 aromatic carbocycles. The molecule has 0 radical (unpaired) electrons. The van der Waals surface area contributed by atoms with Gasteiger partial charge >= 0.3 is 0 Å². The second-order valence-corrected chi connectivity index (χ2v) is 4.98. The summed E-state index contributed by atoms with van der Waals surface area (Å²) in [5.41, 5.74) is 0. The Labute approximate surface area is 81.9 Å². The van der Waals surface area contributed by atoms with Gasteiger partial charge in [-0.3, -0.25) is 0 Å². The van der Waals surface area contributed by atoms with E-state index < -0.39 is 0 Å². The molecular formula is C11H22N2. The first-order valence-electron chi connectivity index (χ1n) is 5.64. The van der Waals surface area contributed by atoms with Crippen LogP contribution in [0.3, 0.4) is 0 Å². The summed E-state index contributed by atoms with van der Waals surface area (Å²) in [6, 6.07) is 0.965. The van der Waals surface area contributed by atoms with Crippen molar-refractivity contribution in [3.05, 3.63) is 0 Å². The molecule has 2 aliphatic rings. The van der Waals surface area contributed by atoms with Crippen LogP contribution in [0.4, 0.5) is 0 Å². The van der Waals surface area contributed by atoms with Crippen LogP contribution in [0.1, 0.15) is 25.7 Å². The van der Waals surface area contributed by atoms with Crippen LogP contribution in [-0.2, 0) is 0 Å². The lowest BCUT2D eigenvalue weighted by atomic mass is 10.1. The Hall–Kier alpha value is -0.0800. The second-order valence-electron chi connectivity index (χ2n) is 4.98. The molecule has 0 N–H and O–H groups in total. The molecule has 1 heterocycles. The molecule has 2 bridgehead atoms. The van der Waals surface area contributed by atoms with Crippen LogP contribution < -0.4 is 0 Å². The molecule has 0 amide bonds. The van der Waals surface area contributed by atoms with Crippen LogP contribution in [-0.4, -0.2) is 49.6 Å². The molecule has 2 unspecified atom stereocenters. The molecule has 2 rings (SSSR count). The number of rotatable bonds is 4. The Kier molecular flexibility index (Phi) is 2.89. The quantitative estimate of drug-likeness (QED) is 0.649. The van der Waals surface area contributed by atoms with Crippen molar-refractivity contribution in [2.24, 2.45) is 5.92 Å². The van der Waals surface area contributed by atoms with Crippen LogP contribution >= 0.6 is 0 Å². The maximum absolute atomic E-state index is 2.72. The third kappa shape index (κ3) is 2.23. The van der Waals surface area contributed by atoms with Gasteiger partial charge in [0.25, 0.3) is 0 Å². The highest BCUT2D eigenvalue weighted by atomic mass is 15.2. The first-order valence-corrected chi connectivity index (χ1v) is 5.64. The molecule has 1 aliphatic heterocycles. The topological polar surface area (TPSA) is 6.48 Å². The molecule has 2 nitrogen and oxygen atoms in total. The zero-order valence-electron chi connectivity index (χ0n) is 9.00. The predicted molar refractivity (Wildman–Crippen MR) is 55.9 cm³/mol. The number of hydrogen-bond donors (Lipinski definition) is 0. The van der Waals surface area contributed by atoms with Gasteiger partial charge in [-0.25, -0.2) is 0 Å². The van der Waals surface area contributed by atoms with Gasteiger partial charge in [-0.2, -0.15) is 0 Å². The van der Waals surface area contributed by atoms with Gasteiger partial charge in [0.2, 0.25) is 0 Å². The maximum atomic E-state index is 2.72. The minimum Gasteiger partial charge on any atom is -0.309 e. The highest BCUT2D eigenvalue weighted by Crippen LogP contribution is 2.37. The van der Waals surface area contributed by atoms with E-state index in [1.165, 1.54) is 45.3 Å². The second kappa shape index (κ2) is 3.97. The van der Waals surface area contributed by atoms with Gasteiger partial charge in [0.1, 0.15) is 0 Å². The highest BCUT2D eigenvalue weighted by Gasteiger charge is 2.36. The van der Waals surface area contributed by atoms with Crippen LogP contribution in [0.2, 0.25) is 0 Å². The Morgan fingerprint density at radius 2 is 2.15 bits per heavy atom. The van der Waals surface area contributed by atoms with Gasteiger partial charge in [0.15, 0.2) is 0 Å². The Morgan fingerprint density at radius 3 is 2.69 bits per heavy atom. The molecule has 2 atom stereocenters. The molecule has 1 saturated carbocycles. The zero-order valence-corrected chi connectivity index (χ0v) is 9.00. The third-order valence-corrected chi connectivity index (χ3v) is 3.57. The van der Waals surface area contributed by atoms with E-state index in [1.807, 2.05) is 0 Å².